The molecule has 0 spiro atoms. The highest BCUT2D eigenvalue weighted by molar-refractivity contribution is 5.96. The molecule has 0 aliphatic heterocycles. The summed E-state index contributed by atoms with van der Waals surface area (Å²) < 4.78 is 9.48. The molecule has 0 fully saturated rings. The van der Waals surface area contributed by atoms with Crippen molar-refractivity contribution >= 4 is 11.9 Å². The molecule has 0 saturated heterocycles. The van der Waals surface area contributed by atoms with Crippen molar-refractivity contribution in [3.8, 4) is 0 Å². The van der Waals surface area contributed by atoms with Gasteiger partial charge in [-0.3, -0.25) is 19.7 Å². The van der Waals surface area contributed by atoms with Gasteiger partial charge in [0.05, 0.1) is 20.1 Å². The molecule has 2 atom stereocenters. The maximum Gasteiger partial charge on any atom is 0.320 e. The van der Waals surface area contributed by atoms with Crippen LogP contribution in [-0.4, -0.2) is 31.1 Å². The van der Waals surface area contributed by atoms with Gasteiger partial charge in [-0.05, 0) is 5.56 Å². The number of nitro groups is 1. The molecule has 7 heteroatoms. The van der Waals surface area contributed by atoms with E-state index in [2.05, 4.69) is 0 Å². The number of ether oxygens (including phenoxy) is 2. The van der Waals surface area contributed by atoms with Crippen LogP contribution in [0.1, 0.15) is 23.1 Å². The molecule has 0 unspecified atom stereocenters. The Balaban J connectivity index is 2.68. The van der Waals surface area contributed by atoms with Crippen LogP contribution in [0.4, 0.5) is 0 Å². The van der Waals surface area contributed by atoms with E-state index < -0.39 is 34.7 Å². The number of esters is 2. The molecule has 0 amide bonds. The number of rotatable bonds is 7. The zero-order chi connectivity index (χ0) is 19.1. The summed E-state index contributed by atoms with van der Waals surface area (Å²) in [5.41, 5.74) is 0.850. The molecule has 0 aliphatic rings. The van der Waals surface area contributed by atoms with Crippen LogP contribution < -0.4 is 0 Å². The summed E-state index contributed by atoms with van der Waals surface area (Å²) >= 11 is 0. The Hall–Kier alpha value is -3.22. The molecule has 2 aromatic carbocycles. The summed E-state index contributed by atoms with van der Waals surface area (Å²) in [5.74, 6) is -4.32. The minimum atomic E-state index is -1.47. The van der Waals surface area contributed by atoms with Gasteiger partial charge in [0, 0.05) is 10.5 Å². The molecular formula is C19H19NO6. The Morgan fingerprint density at radius 2 is 1.27 bits per heavy atom. The van der Waals surface area contributed by atoms with Crippen molar-refractivity contribution < 1.29 is 24.0 Å². The van der Waals surface area contributed by atoms with E-state index in [4.69, 9.17) is 9.47 Å². The Bertz CT molecular complexity index is 746. The molecule has 2 rings (SSSR count). The topological polar surface area (TPSA) is 95.7 Å². The van der Waals surface area contributed by atoms with Crippen molar-refractivity contribution in [1.82, 2.24) is 0 Å². The molecule has 2 aromatic rings. The maximum atomic E-state index is 12.3. The van der Waals surface area contributed by atoms with Crippen LogP contribution >= 0.6 is 0 Å². The zero-order valence-electron chi connectivity index (χ0n) is 14.4. The highest BCUT2D eigenvalue weighted by Gasteiger charge is 2.48. The number of carbonyl (C=O) groups is 2. The SMILES string of the molecule is COC(=O)C(C(=O)OC)[C@@H](c1ccccc1)[C@H](c1ccccc1)[N+](=O)[O-]. The van der Waals surface area contributed by atoms with Crippen LogP contribution in [0.5, 0.6) is 0 Å². The van der Waals surface area contributed by atoms with E-state index in [0.29, 0.717) is 11.1 Å². The molecule has 0 saturated carbocycles. The van der Waals surface area contributed by atoms with Gasteiger partial charge in [0.25, 0.3) is 0 Å². The number of hydrogen-bond donors (Lipinski definition) is 0. The fourth-order valence-electron chi connectivity index (χ4n) is 2.99. The minimum Gasteiger partial charge on any atom is -0.468 e. The minimum absolute atomic E-state index is 0.379. The van der Waals surface area contributed by atoms with Gasteiger partial charge in [-0.15, -0.1) is 0 Å². The molecule has 0 heterocycles. The summed E-state index contributed by atoms with van der Waals surface area (Å²) in [6.45, 7) is 0. The number of nitrogens with zero attached hydrogens (tertiary/aromatic N) is 1. The van der Waals surface area contributed by atoms with Gasteiger partial charge in [0.2, 0.25) is 6.04 Å². The van der Waals surface area contributed by atoms with Crippen LogP contribution in [0.15, 0.2) is 60.7 Å². The highest BCUT2D eigenvalue weighted by atomic mass is 16.6. The molecular weight excluding hydrogens is 338 g/mol. The van der Waals surface area contributed by atoms with Crippen LogP contribution in [0, 0.1) is 16.0 Å². The van der Waals surface area contributed by atoms with E-state index in [1.54, 1.807) is 60.7 Å². The summed E-state index contributed by atoms with van der Waals surface area (Å²) in [6.07, 6.45) is 0. The van der Waals surface area contributed by atoms with Crippen LogP contribution in [0.2, 0.25) is 0 Å². The summed E-state index contributed by atoms with van der Waals surface area (Å²) in [7, 11) is 2.26. The highest BCUT2D eigenvalue weighted by Crippen LogP contribution is 2.40. The Morgan fingerprint density at radius 3 is 1.65 bits per heavy atom. The average Bonchev–Trinajstić information content (AvgIpc) is 2.68. The number of carbonyl (C=O) groups excluding carboxylic acids is 2. The fourth-order valence-corrected chi connectivity index (χ4v) is 2.99. The molecule has 136 valence electrons. The van der Waals surface area contributed by atoms with Gasteiger partial charge in [-0.2, -0.15) is 0 Å². The Morgan fingerprint density at radius 1 is 0.846 bits per heavy atom. The largest absolute Gasteiger partial charge is 0.468 e. The van der Waals surface area contributed by atoms with Crippen molar-refractivity contribution in [2.75, 3.05) is 14.2 Å². The predicted octanol–water partition coefficient (Wildman–Crippen LogP) is 2.75. The van der Waals surface area contributed by atoms with Gasteiger partial charge in [-0.25, -0.2) is 0 Å². The third kappa shape index (κ3) is 4.05. The van der Waals surface area contributed by atoms with Crippen molar-refractivity contribution in [3.63, 3.8) is 0 Å². The van der Waals surface area contributed by atoms with E-state index in [-0.39, 0.29) is 0 Å². The van der Waals surface area contributed by atoms with Crippen molar-refractivity contribution in [1.29, 1.82) is 0 Å². The van der Waals surface area contributed by atoms with E-state index in [9.17, 15) is 19.7 Å². The molecule has 0 bridgehead atoms. The average molecular weight is 357 g/mol. The maximum absolute atomic E-state index is 12.3. The molecule has 0 aromatic heterocycles. The summed E-state index contributed by atoms with van der Waals surface area (Å²) in [6, 6.07) is 15.3. The third-order valence-corrected chi connectivity index (χ3v) is 4.16. The van der Waals surface area contributed by atoms with Gasteiger partial charge >= 0.3 is 11.9 Å². The van der Waals surface area contributed by atoms with E-state index in [0.717, 1.165) is 14.2 Å². The third-order valence-electron chi connectivity index (χ3n) is 4.16. The van der Waals surface area contributed by atoms with Crippen molar-refractivity contribution in [3.05, 3.63) is 81.9 Å². The molecule has 26 heavy (non-hydrogen) atoms. The first-order valence-corrected chi connectivity index (χ1v) is 7.90. The normalized spacial score (nSPS) is 12.9. The standard InChI is InChI=1S/C19H19NO6/c1-25-18(21)16(19(22)26-2)15(13-9-5-3-6-10-13)17(20(23)24)14-11-7-4-8-12-14/h3-12,15-17H,1-2H3/t15-,17+/m1/s1. The van der Waals surface area contributed by atoms with Gasteiger partial charge in [0.1, 0.15) is 0 Å². The summed E-state index contributed by atoms with van der Waals surface area (Å²) in [5, 5.41) is 11.9. The molecule has 0 N–H and O–H groups in total. The Labute approximate surface area is 150 Å². The van der Waals surface area contributed by atoms with Crippen LogP contribution in [0.25, 0.3) is 0 Å². The fraction of sp³-hybridized carbons (Fsp3) is 0.263. The van der Waals surface area contributed by atoms with Crippen LogP contribution in [0.3, 0.4) is 0 Å². The lowest BCUT2D eigenvalue weighted by Crippen LogP contribution is -2.37. The first kappa shape index (κ1) is 19.1. The molecule has 7 nitrogen and oxygen atoms in total. The van der Waals surface area contributed by atoms with E-state index in [1.807, 2.05) is 0 Å². The first-order chi connectivity index (χ1) is 12.5. The Kier molecular flexibility index (Phi) is 6.43. The van der Waals surface area contributed by atoms with Gasteiger partial charge in [-0.1, -0.05) is 60.7 Å². The second-order valence-electron chi connectivity index (χ2n) is 5.60. The number of hydrogen-bond acceptors (Lipinski definition) is 6. The van der Waals surface area contributed by atoms with E-state index in [1.165, 1.54) is 0 Å². The summed E-state index contributed by atoms with van der Waals surface area (Å²) in [4.78, 5) is 36.1. The smallest absolute Gasteiger partial charge is 0.320 e. The van der Waals surface area contributed by atoms with Gasteiger partial charge in [0.15, 0.2) is 5.92 Å². The monoisotopic (exact) mass is 357 g/mol. The van der Waals surface area contributed by atoms with Crippen molar-refractivity contribution in [2.24, 2.45) is 5.92 Å². The zero-order valence-corrected chi connectivity index (χ0v) is 14.4. The van der Waals surface area contributed by atoms with Crippen molar-refractivity contribution in [2.45, 2.75) is 12.0 Å². The van der Waals surface area contributed by atoms with Crippen LogP contribution in [-0.2, 0) is 19.1 Å². The molecule has 0 aliphatic carbocycles. The predicted molar refractivity (Wildman–Crippen MR) is 92.9 cm³/mol. The quantitative estimate of drug-likeness (QED) is 0.327. The molecule has 0 radical (unpaired) electrons. The first-order valence-electron chi connectivity index (χ1n) is 7.90. The number of benzene rings is 2. The lowest BCUT2D eigenvalue weighted by molar-refractivity contribution is -0.534. The lowest BCUT2D eigenvalue weighted by Gasteiger charge is -2.26. The number of methoxy groups -OCH3 is 2. The lowest BCUT2D eigenvalue weighted by atomic mass is 9.78. The second kappa shape index (κ2) is 8.75. The second-order valence-corrected chi connectivity index (χ2v) is 5.60. The van der Waals surface area contributed by atoms with Gasteiger partial charge < -0.3 is 9.47 Å². The van der Waals surface area contributed by atoms with E-state index >= 15 is 0 Å².